The van der Waals surface area contributed by atoms with Crippen molar-refractivity contribution in [3.8, 4) is 0 Å². The van der Waals surface area contributed by atoms with Gasteiger partial charge in [-0.3, -0.25) is 0 Å². The van der Waals surface area contributed by atoms with Gasteiger partial charge in [-0.25, -0.2) is 0 Å². The summed E-state index contributed by atoms with van der Waals surface area (Å²) >= 11 is 0. The van der Waals surface area contributed by atoms with Crippen LogP contribution in [0.3, 0.4) is 0 Å². The third kappa shape index (κ3) is 1.63. The summed E-state index contributed by atoms with van der Waals surface area (Å²) in [5.74, 6) is 9.95. The van der Waals surface area contributed by atoms with Gasteiger partial charge in [-0.1, -0.05) is 35.4 Å². The standard InChI is InChI=1S/C30H34/c1-13(2)24-18-9-10-19(24)28-23-12-22(27(18)28)29-20-11-21(30(23)29)26-15(4)17-8-6-5-7-16(17)14(3)25(20)26/h5-8,18-23,27-30H,9-12H2,1-4H3/t18-,19+,20+,21-,22-,23+,27-,28+,29-,30+. The highest BCUT2D eigenvalue weighted by Gasteiger charge is 2.72. The average molecular weight is 395 g/mol. The van der Waals surface area contributed by atoms with Crippen molar-refractivity contribution in [2.24, 2.45) is 47.3 Å². The van der Waals surface area contributed by atoms with Gasteiger partial charge in [0.15, 0.2) is 0 Å². The third-order valence-corrected chi connectivity index (χ3v) is 11.5. The predicted octanol–water partition coefficient (Wildman–Crippen LogP) is 7.53. The van der Waals surface area contributed by atoms with Crippen LogP contribution in [0.4, 0.5) is 0 Å². The molecule has 6 aliphatic rings. The van der Waals surface area contributed by atoms with Crippen LogP contribution in [0, 0.1) is 61.2 Å². The van der Waals surface area contributed by atoms with E-state index in [4.69, 9.17) is 0 Å². The lowest BCUT2D eigenvalue weighted by atomic mass is 9.58. The molecule has 154 valence electrons. The van der Waals surface area contributed by atoms with E-state index in [1.54, 1.807) is 23.1 Å². The van der Waals surface area contributed by atoms with Gasteiger partial charge in [0.1, 0.15) is 0 Å². The zero-order chi connectivity index (χ0) is 20.0. The number of aryl methyl sites for hydroxylation is 2. The SMILES string of the molecule is CC(C)=C1[C@H]2CC[C@@H]1[C@H]1[C@@H]3C[C@H]([C@H]12)[C@@H]1[C@H]3[C@@H]2C[C@H]1c1c2c(C)c2ccccc2c1C. The highest BCUT2D eigenvalue weighted by atomic mass is 14.8. The molecular weight excluding hydrogens is 360 g/mol. The summed E-state index contributed by atoms with van der Waals surface area (Å²) in [4.78, 5) is 0. The minimum atomic E-state index is 0.878. The van der Waals surface area contributed by atoms with E-state index in [1.807, 2.05) is 16.7 Å². The van der Waals surface area contributed by atoms with Gasteiger partial charge in [-0.05, 0) is 146 Å². The summed E-state index contributed by atoms with van der Waals surface area (Å²) in [6, 6.07) is 9.26. The Bertz CT molecular complexity index is 1080. The van der Waals surface area contributed by atoms with Gasteiger partial charge in [-0.15, -0.1) is 0 Å². The van der Waals surface area contributed by atoms with E-state index in [0.717, 1.165) is 59.2 Å². The Morgan fingerprint density at radius 2 is 1.13 bits per heavy atom. The van der Waals surface area contributed by atoms with E-state index in [-0.39, 0.29) is 0 Å². The quantitative estimate of drug-likeness (QED) is 0.320. The molecule has 0 radical (unpaired) electrons. The maximum absolute atomic E-state index is 2.45. The second-order valence-electron chi connectivity index (χ2n) is 12.2. The van der Waals surface area contributed by atoms with Crippen molar-refractivity contribution in [3.05, 3.63) is 57.7 Å². The summed E-state index contributed by atoms with van der Waals surface area (Å²) in [6.07, 6.45) is 6.10. The number of benzene rings is 2. The maximum atomic E-state index is 2.45. The third-order valence-electron chi connectivity index (χ3n) is 11.5. The number of hydrogen-bond acceptors (Lipinski definition) is 0. The molecule has 0 heteroatoms. The van der Waals surface area contributed by atoms with Gasteiger partial charge in [0.2, 0.25) is 0 Å². The molecule has 0 aromatic heterocycles. The highest BCUT2D eigenvalue weighted by Crippen LogP contribution is 2.80. The molecule has 2 aromatic rings. The fourth-order valence-corrected chi connectivity index (χ4v) is 11.3. The van der Waals surface area contributed by atoms with Crippen LogP contribution in [0.25, 0.3) is 10.8 Å². The van der Waals surface area contributed by atoms with Crippen molar-refractivity contribution in [3.63, 3.8) is 0 Å². The first kappa shape index (κ1) is 17.0. The smallest absolute Gasteiger partial charge is 0.0116 e. The lowest BCUT2D eigenvalue weighted by molar-refractivity contribution is 0.0562. The summed E-state index contributed by atoms with van der Waals surface area (Å²) in [5, 5.41) is 3.07. The molecule has 5 saturated carbocycles. The molecule has 0 nitrogen and oxygen atoms in total. The van der Waals surface area contributed by atoms with E-state index in [9.17, 15) is 0 Å². The fourth-order valence-electron chi connectivity index (χ4n) is 11.3. The van der Waals surface area contributed by atoms with E-state index < -0.39 is 0 Å². The summed E-state index contributed by atoms with van der Waals surface area (Å²) < 4.78 is 0. The van der Waals surface area contributed by atoms with Crippen molar-refractivity contribution < 1.29 is 0 Å². The first-order chi connectivity index (χ1) is 14.6. The second kappa shape index (κ2) is 5.25. The Hall–Kier alpha value is -1.56. The van der Waals surface area contributed by atoms with Crippen LogP contribution in [0.2, 0.25) is 0 Å². The molecule has 2 aromatic carbocycles. The molecule has 0 unspecified atom stereocenters. The van der Waals surface area contributed by atoms with Gasteiger partial charge in [0.05, 0.1) is 0 Å². The number of hydrogen-bond donors (Lipinski definition) is 0. The lowest BCUT2D eigenvalue weighted by Crippen LogP contribution is -2.40. The largest absolute Gasteiger partial charge is 0.0766 e. The Balaban J connectivity index is 1.31. The van der Waals surface area contributed by atoms with E-state index in [0.29, 0.717) is 0 Å². The zero-order valence-electron chi connectivity index (χ0n) is 18.9. The molecule has 30 heavy (non-hydrogen) atoms. The van der Waals surface area contributed by atoms with Gasteiger partial charge in [0.25, 0.3) is 0 Å². The molecule has 6 bridgehead atoms. The molecule has 10 atom stereocenters. The average Bonchev–Trinajstić information content (AvgIpc) is 3.55. The Kier molecular flexibility index (Phi) is 2.98. The van der Waals surface area contributed by atoms with Crippen molar-refractivity contribution in [2.75, 3.05) is 0 Å². The molecule has 0 spiro atoms. The van der Waals surface area contributed by atoms with E-state index in [2.05, 4.69) is 52.0 Å². The van der Waals surface area contributed by atoms with Crippen LogP contribution < -0.4 is 0 Å². The van der Waals surface area contributed by atoms with E-state index >= 15 is 0 Å². The minimum Gasteiger partial charge on any atom is -0.0766 e. The molecule has 8 rings (SSSR count). The maximum Gasteiger partial charge on any atom is -0.0116 e. The van der Waals surface area contributed by atoms with Gasteiger partial charge in [0, 0.05) is 0 Å². The summed E-state index contributed by atoms with van der Waals surface area (Å²) in [5.41, 5.74) is 10.6. The van der Waals surface area contributed by atoms with Crippen LogP contribution in [-0.4, -0.2) is 0 Å². The number of allylic oxidation sites excluding steroid dienone is 2. The summed E-state index contributed by atoms with van der Waals surface area (Å²) in [7, 11) is 0. The van der Waals surface area contributed by atoms with Crippen molar-refractivity contribution in [1.29, 1.82) is 0 Å². The van der Waals surface area contributed by atoms with Gasteiger partial charge < -0.3 is 0 Å². The van der Waals surface area contributed by atoms with Gasteiger partial charge >= 0.3 is 0 Å². The molecule has 5 fully saturated rings. The van der Waals surface area contributed by atoms with Crippen molar-refractivity contribution in [2.45, 2.75) is 65.2 Å². The van der Waals surface area contributed by atoms with Crippen LogP contribution in [0.15, 0.2) is 35.4 Å². The molecule has 6 aliphatic carbocycles. The van der Waals surface area contributed by atoms with Crippen LogP contribution in [-0.2, 0) is 0 Å². The molecule has 0 saturated heterocycles. The minimum absolute atomic E-state index is 0.878. The number of fused-ring (bicyclic) bond motifs is 20. The van der Waals surface area contributed by atoms with Crippen LogP contribution in [0.5, 0.6) is 0 Å². The Labute approximate surface area is 181 Å². The lowest BCUT2D eigenvalue weighted by Gasteiger charge is -2.46. The predicted molar refractivity (Wildman–Crippen MR) is 124 cm³/mol. The van der Waals surface area contributed by atoms with Crippen LogP contribution in [0.1, 0.15) is 73.6 Å². The van der Waals surface area contributed by atoms with Crippen molar-refractivity contribution in [1.82, 2.24) is 0 Å². The molecule has 0 amide bonds. The molecule has 0 heterocycles. The van der Waals surface area contributed by atoms with E-state index in [1.165, 1.54) is 30.0 Å². The first-order valence-corrected chi connectivity index (χ1v) is 12.8. The molecule has 0 aliphatic heterocycles. The Morgan fingerprint density at radius 3 is 1.60 bits per heavy atom. The fraction of sp³-hybridized carbons (Fsp3) is 0.600. The van der Waals surface area contributed by atoms with Crippen LogP contribution >= 0.6 is 0 Å². The zero-order valence-corrected chi connectivity index (χ0v) is 18.9. The Morgan fingerprint density at radius 1 is 0.667 bits per heavy atom. The number of rotatable bonds is 0. The van der Waals surface area contributed by atoms with Gasteiger partial charge in [-0.2, -0.15) is 0 Å². The topological polar surface area (TPSA) is 0 Å². The first-order valence-electron chi connectivity index (χ1n) is 12.8. The molecular formula is C30H34. The second-order valence-corrected chi connectivity index (χ2v) is 12.2. The normalized spacial score (nSPS) is 46.1. The molecule has 0 N–H and O–H groups in total. The monoisotopic (exact) mass is 394 g/mol. The highest BCUT2D eigenvalue weighted by molar-refractivity contribution is 5.92. The van der Waals surface area contributed by atoms with Crippen molar-refractivity contribution >= 4 is 10.8 Å². The summed E-state index contributed by atoms with van der Waals surface area (Å²) in [6.45, 7) is 9.74.